The second-order valence-electron chi connectivity index (χ2n) is 5.05. The van der Waals surface area contributed by atoms with Crippen LogP contribution in [0.2, 0.25) is 0 Å². The zero-order chi connectivity index (χ0) is 15.7. The van der Waals surface area contributed by atoms with Crippen molar-refractivity contribution >= 4 is 17.9 Å². The average Bonchev–Trinajstić information content (AvgIpc) is 3.04. The third kappa shape index (κ3) is 2.67. The average molecular weight is 306 g/mol. The van der Waals surface area contributed by atoms with Gasteiger partial charge in [-0.3, -0.25) is 14.5 Å². The van der Waals surface area contributed by atoms with Crippen LogP contribution in [0.1, 0.15) is 18.4 Å². The fourth-order valence-electron chi connectivity index (χ4n) is 2.41. The molecule has 2 heterocycles. The summed E-state index contributed by atoms with van der Waals surface area (Å²) in [6.07, 6.45) is -0.0912. The molecule has 0 bridgehead atoms. The third-order valence-corrected chi connectivity index (χ3v) is 3.53. The molecule has 1 atom stereocenters. The van der Waals surface area contributed by atoms with Gasteiger partial charge in [-0.05, 0) is 24.1 Å². The van der Waals surface area contributed by atoms with Crippen LogP contribution >= 0.6 is 0 Å². The Morgan fingerprint density at radius 1 is 1.32 bits per heavy atom. The number of carbonyl (C=O) groups is 3. The first-order chi connectivity index (χ1) is 10.5. The number of imide groups is 1. The lowest BCUT2D eigenvalue weighted by Crippen LogP contribution is -2.31. The van der Waals surface area contributed by atoms with Crippen LogP contribution in [-0.4, -0.2) is 40.7 Å². The van der Waals surface area contributed by atoms with Crippen molar-refractivity contribution in [2.75, 3.05) is 6.79 Å². The van der Waals surface area contributed by atoms with Crippen molar-refractivity contribution in [3.63, 3.8) is 0 Å². The maximum Gasteiger partial charge on any atom is 0.325 e. The molecule has 0 spiro atoms. The summed E-state index contributed by atoms with van der Waals surface area (Å²) in [5, 5.41) is 11.2. The maximum atomic E-state index is 12.2. The van der Waals surface area contributed by atoms with Crippen LogP contribution < -0.4 is 14.8 Å². The molecule has 3 amide bonds. The highest BCUT2D eigenvalue weighted by Gasteiger charge is 2.37. The van der Waals surface area contributed by atoms with Gasteiger partial charge in [0.15, 0.2) is 11.5 Å². The second kappa shape index (κ2) is 5.55. The Bertz CT molecular complexity index is 644. The number of carbonyl (C=O) groups excluding carboxylic acids is 2. The van der Waals surface area contributed by atoms with Gasteiger partial charge in [-0.25, -0.2) is 4.79 Å². The van der Waals surface area contributed by atoms with Crippen LogP contribution in [0.4, 0.5) is 4.79 Å². The molecular formula is C14H14N2O6. The first-order valence-electron chi connectivity index (χ1n) is 6.77. The highest BCUT2D eigenvalue weighted by Crippen LogP contribution is 2.33. The van der Waals surface area contributed by atoms with E-state index >= 15 is 0 Å². The summed E-state index contributed by atoms with van der Waals surface area (Å²) in [6, 6.07) is 3.89. The lowest BCUT2D eigenvalue weighted by Gasteiger charge is -2.13. The molecule has 1 fully saturated rings. The molecule has 0 saturated carbocycles. The molecule has 2 aliphatic rings. The number of carboxylic acid groups (broad SMARTS) is 1. The third-order valence-electron chi connectivity index (χ3n) is 3.53. The lowest BCUT2D eigenvalue weighted by atomic mass is 10.1. The van der Waals surface area contributed by atoms with E-state index in [-0.39, 0.29) is 26.2 Å². The van der Waals surface area contributed by atoms with E-state index in [4.69, 9.17) is 14.6 Å². The summed E-state index contributed by atoms with van der Waals surface area (Å²) < 4.78 is 10.5. The largest absolute Gasteiger partial charge is 0.481 e. The van der Waals surface area contributed by atoms with E-state index in [0.717, 1.165) is 10.5 Å². The van der Waals surface area contributed by atoms with Crippen LogP contribution in [0.25, 0.3) is 0 Å². The van der Waals surface area contributed by atoms with E-state index < -0.39 is 23.9 Å². The summed E-state index contributed by atoms with van der Waals surface area (Å²) >= 11 is 0. The normalized spacial score (nSPS) is 19.5. The number of urea groups is 1. The topological polar surface area (TPSA) is 105 Å². The molecule has 0 aromatic heterocycles. The van der Waals surface area contributed by atoms with Gasteiger partial charge in [-0.1, -0.05) is 6.07 Å². The number of fused-ring (bicyclic) bond motifs is 1. The highest BCUT2D eigenvalue weighted by molar-refractivity contribution is 6.04. The minimum atomic E-state index is -1.00. The Morgan fingerprint density at radius 2 is 2.09 bits per heavy atom. The number of hydrogen-bond acceptors (Lipinski definition) is 5. The van der Waals surface area contributed by atoms with Crippen LogP contribution in [0.5, 0.6) is 11.5 Å². The molecular weight excluding hydrogens is 292 g/mol. The van der Waals surface area contributed by atoms with Crippen molar-refractivity contribution in [2.45, 2.75) is 25.4 Å². The molecule has 1 saturated heterocycles. The second-order valence-corrected chi connectivity index (χ2v) is 5.05. The van der Waals surface area contributed by atoms with Gasteiger partial charge in [0.25, 0.3) is 5.91 Å². The molecule has 2 N–H and O–H groups in total. The monoisotopic (exact) mass is 306 g/mol. The lowest BCUT2D eigenvalue weighted by molar-refractivity contribution is -0.137. The zero-order valence-corrected chi connectivity index (χ0v) is 11.6. The van der Waals surface area contributed by atoms with Crippen LogP contribution in [0, 0.1) is 0 Å². The van der Waals surface area contributed by atoms with E-state index in [1.54, 1.807) is 18.2 Å². The Hall–Kier alpha value is -2.77. The molecule has 22 heavy (non-hydrogen) atoms. The summed E-state index contributed by atoms with van der Waals surface area (Å²) in [5.74, 6) is -0.215. The summed E-state index contributed by atoms with van der Waals surface area (Å²) in [5.41, 5.74) is 0.728. The van der Waals surface area contributed by atoms with Gasteiger partial charge < -0.3 is 19.9 Å². The fourth-order valence-corrected chi connectivity index (χ4v) is 2.41. The maximum absolute atomic E-state index is 12.2. The number of nitrogens with one attached hydrogen (secondary N) is 1. The van der Waals surface area contributed by atoms with Crippen LogP contribution in [0.15, 0.2) is 18.2 Å². The predicted molar refractivity (Wildman–Crippen MR) is 72.3 cm³/mol. The number of ether oxygens (including phenoxy) is 2. The van der Waals surface area contributed by atoms with Crippen molar-refractivity contribution in [1.29, 1.82) is 0 Å². The Balaban J connectivity index is 1.68. The van der Waals surface area contributed by atoms with Gasteiger partial charge in [-0.15, -0.1) is 0 Å². The highest BCUT2D eigenvalue weighted by atomic mass is 16.7. The molecule has 0 aliphatic carbocycles. The van der Waals surface area contributed by atoms with Crippen molar-refractivity contribution in [3.05, 3.63) is 23.8 Å². The van der Waals surface area contributed by atoms with Crippen LogP contribution in [-0.2, 0) is 16.1 Å². The van der Waals surface area contributed by atoms with Crippen LogP contribution in [0.3, 0.4) is 0 Å². The molecule has 0 unspecified atom stereocenters. The number of carboxylic acids is 1. The number of benzene rings is 1. The van der Waals surface area contributed by atoms with Gasteiger partial charge in [0.05, 0.1) is 6.54 Å². The molecule has 1 aromatic rings. The summed E-state index contributed by atoms with van der Waals surface area (Å²) in [7, 11) is 0. The predicted octanol–water partition coefficient (Wildman–Crippen LogP) is 0.700. The molecule has 8 heteroatoms. The van der Waals surface area contributed by atoms with Gasteiger partial charge in [-0.2, -0.15) is 0 Å². The van der Waals surface area contributed by atoms with E-state index in [1.807, 2.05) is 0 Å². The zero-order valence-electron chi connectivity index (χ0n) is 11.6. The van der Waals surface area contributed by atoms with Gasteiger partial charge >= 0.3 is 12.0 Å². The van der Waals surface area contributed by atoms with E-state index in [0.29, 0.717) is 11.5 Å². The summed E-state index contributed by atoms with van der Waals surface area (Å²) in [4.78, 5) is 35.7. The van der Waals surface area contributed by atoms with Crippen molar-refractivity contribution < 1.29 is 29.0 Å². The molecule has 0 radical (unpaired) electrons. The van der Waals surface area contributed by atoms with E-state index in [1.165, 1.54) is 0 Å². The summed E-state index contributed by atoms with van der Waals surface area (Å²) in [6.45, 7) is 0.254. The molecule has 116 valence electrons. The molecule has 1 aromatic carbocycles. The van der Waals surface area contributed by atoms with Gasteiger partial charge in [0, 0.05) is 6.42 Å². The Morgan fingerprint density at radius 3 is 2.86 bits per heavy atom. The van der Waals surface area contributed by atoms with E-state index in [9.17, 15) is 14.4 Å². The van der Waals surface area contributed by atoms with Crippen molar-refractivity contribution in [3.8, 4) is 11.5 Å². The number of amides is 3. The van der Waals surface area contributed by atoms with Gasteiger partial charge in [0.2, 0.25) is 6.79 Å². The van der Waals surface area contributed by atoms with Crippen molar-refractivity contribution in [1.82, 2.24) is 10.2 Å². The molecule has 3 rings (SSSR count). The van der Waals surface area contributed by atoms with Crippen molar-refractivity contribution in [2.24, 2.45) is 0 Å². The number of aliphatic carboxylic acids is 1. The number of rotatable bonds is 5. The fraction of sp³-hybridized carbons (Fsp3) is 0.357. The minimum Gasteiger partial charge on any atom is -0.481 e. The molecule has 2 aliphatic heterocycles. The first-order valence-corrected chi connectivity index (χ1v) is 6.77. The van der Waals surface area contributed by atoms with Gasteiger partial charge in [0.1, 0.15) is 6.04 Å². The quantitative estimate of drug-likeness (QED) is 0.776. The minimum absolute atomic E-state index is 0.0809. The SMILES string of the molecule is O=C(O)CC[C@H]1NC(=O)N(Cc2ccc3c(c2)OCO3)C1=O. The Kier molecular flexibility index (Phi) is 3.58. The number of nitrogens with zero attached hydrogens (tertiary/aromatic N) is 1. The van der Waals surface area contributed by atoms with E-state index in [2.05, 4.69) is 5.32 Å². The standard InChI is InChI=1S/C14H14N2O6/c17-12(18)4-2-9-13(19)16(14(20)15-9)6-8-1-3-10-11(5-8)22-7-21-10/h1,3,5,9H,2,4,6-7H2,(H,15,20)(H,17,18)/t9-/m1/s1. The Labute approximate surface area is 125 Å². The molecule has 8 nitrogen and oxygen atoms in total. The smallest absolute Gasteiger partial charge is 0.325 e. The number of hydrogen-bond donors (Lipinski definition) is 2. The first kappa shape index (κ1) is 14.2.